The Morgan fingerprint density at radius 1 is 0.679 bits per heavy atom. The summed E-state index contributed by atoms with van der Waals surface area (Å²) in [7, 11) is -4.33. The number of unbranched alkanes of at least 4 members (excludes halogenated alkanes) is 18. The van der Waals surface area contributed by atoms with Crippen LogP contribution >= 0.6 is 7.82 Å². The van der Waals surface area contributed by atoms with E-state index < -0.39 is 26.0 Å². The molecule has 0 spiro atoms. The predicted octanol–water partition coefficient (Wildman–Crippen LogP) is 11.5. The zero-order valence-electron chi connectivity index (χ0n) is 33.6. The fourth-order valence-corrected chi connectivity index (χ4v) is 6.21. The van der Waals surface area contributed by atoms with Crippen molar-refractivity contribution in [2.75, 3.05) is 26.4 Å². The lowest BCUT2D eigenvalue weighted by molar-refractivity contribution is -0.153. The number of carbonyl (C=O) groups excluding carboxylic acids is 1. The predicted molar refractivity (Wildman–Crippen MR) is 220 cm³/mol. The van der Waals surface area contributed by atoms with E-state index in [9.17, 15) is 19.4 Å². The molecular formula is C43H78NO8P. The summed E-state index contributed by atoms with van der Waals surface area (Å²) in [6.45, 7) is 4.03. The molecule has 0 saturated heterocycles. The van der Waals surface area contributed by atoms with E-state index in [2.05, 4.69) is 32.1 Å². The summed E-state index contributed by atoms with van der Waals surface area (Å²) in [5.41, 5.74) is 5.35. The number of esters is 1. The molecule has 4 N–H and O–H groups in total. The second-order valence-electron chi connectivity index (χ2n) is 13.8. The number of allylic oxidation sites excluding steroid dienone is 7. The number of ether oxygens (including phenoxy) is 2. The molecule has 0 amide bonds. The molecule has 0 bridgehead atoms. The average Bonchev–Trinajstić information content (AvgIpc) is 3.14. The van der Waals surface area contributed by atoms with Gasteiger partial charge in [0.25, 0.3) is 0 Å². The van der Waals surface area contributed by atoms with Crippen LogP contribution in [0, 0.1) is 0 Å². The largest absolute Gasteiger partial charge is 0.498 e. The van der Waals surface area contributed by atoms with E-state index >= 15 is 0 Å². The van der Waals surface area contributed by atoms with Gasteiger partial charge in [0.05, 0.1) is 25.6 Å². The number of rotatable bonds is 39. The normalized spacial score (nSPS) is 14.7. The van der Waals surface area contributed by atoms with Crippen molar-refractivity contribution in [1.82, 2.24) is 0 Å². The van der Waals surface area contributed by atoms with Gasteiger partial charge in [-0.15, -0.1) is 0 Å². The van der Waals surface area contributed by atoms with Gasteiger partial charge in [-0.25, -0.2) is 4.57 Å². The highest BCUT2D eigenvalue weighted by Gasteiger charge is 2.25. The number of aliphatic hydroxyl groups is 1. The number of aliphatic hydroxyl groups excluding tert-OH is 1. The summed E-state index contributed by atoms with van der Waals surface area (Å²) in [5, 5.41) is 10.1. The maximum Gasteiger partial charge on any atom is 0.472 e. The Hall–Kier alpha value is -2.00. The lowest BCUT2D eigenvalue weighted by Gasteiger charge is -2.19. The Labute approximate surface area is 324 Å². The van der Waals surface area contributed by atoms with Gasteiger partial charge in [-0.3, -0.25) is 13.8 Å². The van der Waals surface area contributed by atoms with Crippen LogP contribution in [0.4, 0.5) is 0 Å². The van der Waals surface area contributed by atoms with Crippen molar-refractivity contribution in [3.05, 3.63) is 60.9 Å². The molecule has 0 aliphatic heterocycles. The zero-order chi connectivity index (χ0) is 38.9. The third-order valence-electron chi connectivity index (χ3n) is 8.58. The van der Waals surface area contributed by atoms with Crippen molar-refractivity contribution in [1.29, 1.82) is 0 Å². The quantitative estimate of drug-likeness (QED) is 0.0139. The minimum absolute atomic E-state index is 0.0180. The minimum Gasteiger partial charge on any atom is -0.498 e. The standard InChI is InChI=1S/C43H78NO8P/c1-3-5-7-9-11-13-14-15-16-17-18-19-21-23-28-32-37-49-39-42(40-51-53(47,48)50-38-36-44)52-43(46)35-31-27-24-26-30-34-41(45)33-29-25-22-20-12-10-8-6-4-2/h12,20,24-26,29-30,32,34,37,41-42,45H,3-11,13-19,21-23,27-28,31,33,35-36,38-40,44H2,1-2H3,(H,47,48)/b20-12-,26-24+,29-25-,34-30-,37-32+/t41?,42-/m1/s1. The van der Waals surface area contributed by atoms with Crippen molar-refractivity contribution < 1.29 is 37.9 Å². The Morgan fingerprint density at radius 2 is 1.25 bits per heavy atom. The van der Waals surface area contributed by atoms with Crippen LogP contribution in [0.1, 0.15) is 168 Å². The maximum atomic E-state index is 12.5. The van der Waals surface area contributed by atoms with Crippen molar-refractivity contribution in [3.63, 3.8) is 0 Å². The highest BCUT2D eigenvalue weighted by atomic mass is 31.2. The SMILES string of the molecule is CCCCC/C=C\C/C=C\CC(O)/C=C\C=C\CCCC(=O)O[C@H](CO/C=C/CCCCCCCCCCCCCCCC)COP(=O)(O)OCCN. The van der Waals surface area contributed by atoms with Crippen LogP contribution in [0.25, 0.3) is 0 Å². The highest BCUT2D eigenvalue weighted by molar-refractivity contribution is 7.47. The second kappa shape index (κ2) is 39.7. The van der Waals surface area contributed by atoms with Gasteiger partial charge in [0.2, 0.25) is 0 Å². The van der Waals surface area contributed by atoms with Gasteiger partial charge in [-0.05, 0) is 57.4 Å². The van der Waals surface area contributed by atoms with Gasteiger partial charge in [-0.1, -0.05) is 159 Å². The lowest BCUT2D eigenvalue weighted by atomic mass is 10.0. The van der Waals surface area contributed by atoms with Gasteiger partial charge >= 0.3 is 13.8 Å². The average molecular weight is 768 g/mol. The van der Waals surface area contributed by atoms with Crippen LogP contribution in [0.15, 0.2) is 60.9 Å². The smallest absolute Gasteiger partial charge is 0.472 e. The summed E-state index contributed by atoms with van der Waals surface area (Å²) in [4.78, 5) is 22.4. The first-order valence-electron chi connectivity index (χ1n) is 20.9. The van der Waals surface area contributed by atoms with Crippen LogP contribution in [-0.4, -0.2) is 54.5 Å². The molecule has 10 heteroatoms. The molecular weight excluding hydrogens is 689 g/mol. The van der Waals surface area contributed by atoms with Gasteiger partial charge in [-0.2, -0.15) is 0 Å². The first-order chi connectivity index (χ1) is 25.8. The van der Waals surface area contributed by atoms with E-state index in [4.69, 9.17) is 24.3 Å². The van der Waals surface area contributed by atoms with Crippen LogP contribution < -0.4 is 5.73 Å². The molecule has 0 aliphatic carbocycles. The van der Waals surface area contributed by atoms with E-state index in [-0.39, 0.29) is 32.8 Å². The number of hydrogen-bond acceptors (Lipinski definition) is 8. The molecule has 0 fully saturated rings. The van der Waals surface area contributed by atoms with Crippen LogP contribution in [0.2, 0.25) is 0 Å². The summed E-state index contributed by atoms with van der Waals surface area (Å²) < 4.78 is 33.0. The van der Waals surface area contributed by atoms with Crippen LogP contribution in [-0.2, 0) is 27.9 Å². The van der Waals surface area contributed by atoms with E-state index in [0.29, 0.717) is 19.3 Å². The highest BCUT2D eigenvalue weighted by Crippen LogP contribution is 2.43. The monoisotopic (exact) mass is 768 g/mol. The van der Waals surface area contributed by atoms with Gasteiger partial charge in [0.1, 0.15) is 6.61 Å². The Bertz CT molecular complexity index is 1010. The third-order valence-corrected chi connectivity index (χ3v) is 9.57. The maximum absolute atomic E-state index is 12.5. The molecule has 0 rings (SSSR count). The van der Waals surface area contributed by atoms with Gasteiger partial charge in [0.15, 0.2) is 6.10 Å². The second-order valence-corrected chi connectivity index (χ2v) is 15.2. The third kappa shape index (κ3) is 39.5. The molecule has 0 heterocycles. The molecule has 308 valence electrons. The van der Waals surface area contributed by atoms with Crippen molar-refractivity contribution >= 4 is 13.8 Å². The number of hydrogen-bond donors (Lipinski definition) is 3. The van der Waals surface area contributed by atoms with Crippen molar-refractivity contribution in [2.24, 2.45) is 5.73 Å². The molecule has 9 nitrogen and oxygen atoms in total. The number of phosphoric acid groups is 1. The van der Waals surface area contributed by atoms with Gasteiger partial charge < -0.3 is 25.2 Å². The molecule has 0 radical (unpaired) electrons. The number of carbonyl (C=O) groups is 1. The fraction of sp³-hybridized carbons (Fsp3) is 0.744. The topological polar surface area (TPSA) is 138 Å². The first kappa shape index (κ1) is 51.0. The van der Waals surface area contributed by atoms with E-state index in [0.717, 1.165) is 25.7 Å². The Morgan fingerprint density at radius 3 is 1.91 bits per heavy atom. The number of nitrogens with two attached hydrogens (primary N) is 1. The summed E-state index contributed by atoms with van der Waals surface area (Å²) in [6, 6.07) is 0. The molecule has 0 aromatic carbocycles. The van der Waals surface area contributed by atoms with E-state index in [1.165, 1.54) is 103 Å². The van der Waals surface area contributed by atoms with E-state index in [1.54, 1.807) is 12.3 Å². The van der Waals surface area contributed by atoms with Crippen molar-refractivity contribution in [3.8, 4) is 0 Å². The summed E-state index contributed by atoms with van der Waals surface area (Å²) in [5.74, 6) is -0.453. The molecule has 0 aromatic heterocycles. The molecule has 0 saturated carbocycles. The molecule has 3 atom stereocenters. The number of phosphoric ester groups is 1. The molecule has 53 heavy (non-hydrogen) atoms. The summed E-state index contributed by atoms with van der Waals surface area (Å²) in [6.07, 6.45) is 45.0. The van der Waals surface area contributed by atoms with Gasteiger partial charge in [0, 0.05) is 13.0 Å². The Kier molecular flexibility index (Phi) is 38.2. The lowest BCUT2D eigenvalue weighted by Crippen LogP contribution is -2.27. The fourth-order valence-electron chi connectivity index (χ4n) is 5.45. The van der Waals surface area contributed by atoms with Crippen molar-refractivity contribution in [2.45, 2.75) is 180 Å². The molecule has 0 aliphatic rings. The summed E-state index contributed by atoms with van der Waals surface area (Å²) >= 11 is 0. The van der Waals surface area contributed by atoms with Crippen LogP contribution in [0.5, 0.6) is 0 Å². The minimum atomic E-state index is -4.33. The first-order valence-corrected chi connectivity index (χ1v) is 22.4. The Balaban J connectivity index is 4.30. The van der Waals surface area contributed by atoms with E-state index in [1.807, 2.05) is 30.4 Å². The van der Waals surface area contributed by atoms with Crippen LogP contribution in [0.3, 0.4) is 0 Å². The zero-order valence-corrected chi connectivity index (χ0v) is 34.5. The molecule has 2 unspecified atom stereocenters. The molecule has 0 aromatic rings.